The molecule has 0 spiro atoms. The lowest BCUT2D eigenvalue weighted by Gasteiger charge is -2.13. The van der Waals surface area contributed by atoms with Crippen LogP contribution in [0.5, 0.6) is 0 Å². The highest BCUT2D eigenvalue weighted by atomic mass is 19.4. The average Bonchev–Trinajstić information content (AvgIpc) is 2.41. The number of hydrogen-bond donors (Lipinski definition) is 2. The van der Waals surface area contributed by atoms with Gasteiger partial charge in [-0.25, -0.2) is 0 Å². The van der Waals surface area contributed by atoms with Crippen LogP contribution in [0.15, 0.2) is 18.2 Å². The maximum Gasteiger partial charge on any atom is 0.416 e. The summed E-state index contributed by atoms with van der Waals surface area (Å²) in [5.74, 6) is -0.275. The van der Waals surface area contributed by atoms with Crippen molar-refractivity contribution in [3.05, 3.63) is 29.3 Å². The summed E-state index contributed by atoms with van der Waals surface area (Å²) in [6.07, 6.45) is -3.71. The second-order valence-electron chi connectivity index (χ2n) is 4.58. The van der Waals surface area contributed by atoms with Gasteiger partial charge in [0.2, 0.25) is 5.91 Å². The molecular formula is C14H19F3N2O2. The van der Waals surface area contributed by atoms with Gasteiger partial charge < -0.3 is 15.4 Å². The number of amides is 1. The summed E-state index contributed by atoms with van der Waals surface area (Å²) >= 11 is 0. The number of ether oxygens (including phenoxy) is 1. The fraction of sp³-hybridized carbons (Fsp3) is 0.500. The van der Waals surface area contributed by atoms with Crippen molar-refractivity contribution in [1.29, 1.82) is 0 Å². The van der Waals surface area contributed by atoms with Crippen molar-refractivity contribution in [2.24, 2.45) is 0 Å². The monoisotopic (exact) mass is 304 g/mol. The highest BCUT2D eigenvalue weighted by Crippen LogP contribution is 2.31. The van der Waals surface area contributed by atoms with Crippen molar-refractivity contribution < 1.29 is 22.7 Å². The van der Waals surface area contributed by atoms with Crippen LogP contribution >= 0.6 is 0 Å². The molecule has 118 valence electrons. The molecule has 0 aliphatic heterocycles. The second kappa shape index (κ2) is 7.87. The molecule has 0 fully saturated rings. The Morgan fingerprint density at radius 1 is 1.33 bits per heavy atom. The van der Waals surface area contributed by atoms with Gasteiger partial charge in [-0.2, -0.15) is 13.2 Å². The topological polar surface area (TPSA) is 50.4 Å². The molecule has 1 rings (SSSR count). The first-order chi connectivity index (χ1) is 9.84. The van der Waals surface area contributed by atoms with E-state index in [0.717, 1.165) is 12.1 Å². The second-order valence-corrected chi connectivity index (χ2v) is 4.58. The first-order valence-corrected chi connectivity index (χ1v) is 6.52. The Balaban J connectivity index is 2.53. The molecule has 1 aromatic rings. The number of nitrogens with one attached hydrogen (secondary N) is 2. The Morgan fingerprint density at radius 3 is 2.67 bits per heavy atom. The van der Waals surface area contributed by atoms with Gasteiger partial charge in [-0.05, 0) is 31.0 Å². The Morgan fingerprint density at radius 2 is 2.05 bits per heavy atom. The maximum absolute atomic E-state index is 12.6. The van der Waals surface area contributed by atoms with E-state index < -0.39 is 11.7 Å². The van der Waals surface area contributed by atoms with Gasteiger partial charge in [-0.3, -0.25) is 4.79 Å². The van der Waals surface area contributed by atoms with Crippen LogP contribution in [0.3, 0.4) is 0 Å². The van der Waals surface area contributed by atoms with Crippen LogP contribution in [0.4, 0.5) is 18.9 Å². The molecule has 1 amide bonds. The zero-order valence-corrected chi connectivity index (χ0v) is 12.0. The number of hydrogen-bond acceptors (Lipinski definition) is 3. The molecule has 0 heterocycles. The molecule has 0 aliphatic carbocycles. The van der Waals surface area contributed by atoms with Crippen molar-refractivity contribution in [2.75, 3.05) is 32.1 Å². The molecule has 0 atom stereocenters. The first-order valence-electron chi connectivity index (χ1n) is 6.52. The fourth-order valence-corrected chi connectivity index (χ4v) is 1.67. The number of carbonyl (C=O) groups is 1. The van der Waals surface area contributed by atoms with Crippen LogP contribution in [0.1, 0.15) is 17.5 Å². The van der Waals surface area contributed by atoms with E-state index in [2.05, 4.69) is 10.6 Å². The quantitative estimate of drug-likeness (QED) is 0.761. The molecule has 4 nitrogen and oxygen atoms in total. The third-order valence-electron chi connectivity index (χ3n) is 2.85. The summed E-state index contributed by atoms with van der Waals surface area (Å²) in [6, 6.07) is 3.40. The van der Waals surface area contributed by atoms with E-state index >= 15 is 0 Å². The Kier molecular flexibility index (Phi) is 6.48. The van der Waals surface area contributed by atoms with Gasteiger partial charge in [-0.1, -0.05) is 6.07 Å². The minimum Gasteiger partial charge on any atom is -0.385 e. The van der Waals surface area contributed by atoms with Crippen LogP contribution in [-0.2, 0) is 15.7 Å². The fourth-order valence-electron chi connectivity index (χ4n) is 1.67. The predicted molar refractivity (Wildman–Crippen MR) is 74.2 cm³/mol. The van der Waals surface area contributed by atoms with Gasteiger partial charge in [-0.15, -0.1) is 0 Å². The number of alkyl halides is 3. The number of halogens is 3. The minimum atomic E-state index is -4.40. The first kappa shape index (κ1) is 17.3. The largest absolute Gasteiger partial charge is 0.416 e. The van der Waals surface area contributed by atoms with Crippen LogP contribution in [-0.4, -0.2) is 32.7 Å². The zero-order chi connectivity index (χ0) is 15.9. The summed E-state index contributed by atoms with van der Waals surface area (Å²) in [6.45, 7) is 2.62. The van der Waals surface area contributed by atoms with E-state index in [4.69, 9.17) is 4.74 Å². The summed E-state index contributed by atoms with van der Waals surface area (Å²) in [4.78, 5) is 11.5. The third kappa shape index (κ3) is 6.03. The van der Waals surface area contributed by atoms with Crippen molar-refractivity contribution in [3.63, 3.8) is 0 Å². The molecule has 1 aromatic carbocycles. The average molecular weight is 304 g/mol. The molecule has 0 radical (unpaired) electrons. The van der Waals surface area contributed by atoms with E-state index in [1.54, 1.807) is 14.0 Å². The number of methoxy groups -OCH3 is 1. The van der Waals surface area contributed by atoms with Crippen LogP contribution in [0.25, 0.3) is 0 Å². The smallest absolute Gasteiger partial charge is 0.385 e. The number of carbonyl (C=O) groups excluding carboxylic acids is 1. The number of rotatable bonds is 7. The molecular weight excluding hydrogens is 285 g/mol. The zero-order valence-electron chi connectivity index (χ0n) is 12.0. The summed E-state index contributed by atoms with van der Waals surface area (Å²) < 4.78 is 42.7. The van der Waals surface area contributed by atoms with Crippen molar-refractivity contribution in [3.8, 4) is 0 Å². The lowest BCUT2D eigenvalue weighted by Crippen LogP contribution is -2.31. The van der Waals surface area contributed by atoms with E-state index in [1.807, 2.05) is 0 Å². The highest BCUT2D eigenvalue weighted by Gasteiger charge is 2.30. The van der Waals surface area contributed by atoms with Gasteiger partial charge >= 0.3 is 6.18 Å². The molecule has 0 saturated carbocycles. The lowest BCUT2D eigenvalue weighted by atomic mass is 10.1. The van der Waals surface area contributed by atoms with E-state index in [9.17, 15) is 18.0 Å². The molecule has 0 bridgehead atoms. The molecule has 2 N–H and O–H groups in total. The number of aryl methyl sites for hydroxylation is 1. The van der Waals surface area contributed by atoms with Crippen LogP contribution < -0.4 is 10.6 Å². The van der Waals surface area contributed by atoms with Gasteiger partial charge in [0, 0.05) is 25.9 Å². The maximum atomic E-state index is 12.6. The normalized spacial score (nSPS) is 11.3. The van der Waals surface area contributed by atoms with Gasteiger partial charge in [0.1, 0.15) is 0 Å². The number of benzene rings is 1. The molecule has 7 heteroatoms. The van der Waals surface area contributed by atoms with Crippen LogP contribution in [0, 0.1) is 6.92 Å². The highest BCUT2D eigenvalue weighted by molar-refractivity contribution is 5.80. The number of anilines is 1. The molecule has 0 saturated heterocycles. The summed E-state index contributed by atoms with van der Waals surface area (Å²) in [5, 5.41) is 5.37. The Bertz CT molecular complexity index is 476. The molecule has 0 unspecified atom stereocenters. The summed E-state index contributed by atoms with van der Waals surface area (Å²) in [5.41, 5.74) is 0.211. The van der Waals surface area contributed by atoms with Crippen molar-refractivity contribution in [2.45, 2.75) is 19.5 Å². The van der Waals surface area contributed by atoms with Gasteiger partial charge in [0.05, 0.1) is 12.1 Å². The van der Waals surface area contributed by atoms with Crippen molar-refractivity contribution in [1.82, 2.24) is 5.32 Å². The Labute approximate surface area is 121 Å². The van der Waals surface area contributed by atoms with E-state index in [-0.39, 0.29) is 12.5 Å². The van der Waals surface area contributed by atoms with E-state index in [1.165, 1.54) is 6.07 Å². The van der Waals surface area contributed by atoms with Crippen LogP contribution in [0.2, 0.25) is 0 Å². The third-order valence-corrected chi connectivity index (χ3v) is 2.85. The SMILES string of the molecule is COCCCNC(=O)CNc1cc(C(F)(F)F)ccc1C. The van der Waals surface area contributed by atoms with Crippen molar-refractivity contribution >= 4 is 11.6 Å². The molecule has 0 aromatic heterocycles. The Hall–Kier alpha value is -1.76. The minimum absolute atomic E-state index is 0.0743. The predicted octanol–water partition coefficient (Wildman–Crippen LogP) is 2.58. The lowest BCUT2D eigenvalue weighted by molar-refractivity contribution is -0.137. The standard InChI is InChI=1S/C14H19F3N2O2/c1-10-4-5-11(14(15,16)17)8-12(10)19-9-13(20)18-6-3-7-21-2/h4-5,8,19H,3,6-7,9H2,1-2H3,(H,18,20). The molecule has 0 aliphatic rings. The molecule has 21 heavy (non-hydrogen) atoms. The summed E-state index contributed by atoms with van der Waals surface area (Å²) in [7, 11) is 1.57. The van der Waals surface area contributed by atoms with Gasteiger partial charge in [0.25, 0.3) is 0 Å². The van der Waals surface area contributed by atoms with E-state index in [0.29, 0.717) is 30.8 Å². The van der Waals surface area contributed by atoms with Gasteiger partial charge in [0.15, 0.2) is 0 Å².